The van der Waals surface area contributed by atoms with E-state index in [0.29, 0.717) is 11.4 Å². The zero-order valence-electron chi connectivity index (χ0n) is 14.1. The third-order valence-corrected chi connectivity index (χ3v) is 4.76. The van der Waals surface area contributed by atoms with E-state index in [0.717, 1.165) is 48.6 Å². The van der Waals surface area contributed by atoms with Crippen LogP contribution in [0.5, 0.6) is 0 Å². The molecule has 0 bridgehead atoms. The lowest BCUT2D eigenvalue weighted by atomic mass is 10.1. The third-order valence-electron chi connectivity index (χ3n) is 4.51. The van der Waals surface area contributed by atoms with Crippen LogP contribution < -0.4 is 10.6 Å². The number of nitrogens with one attached hydrogen (secondary N) is 2. The van der Waals surface area contributed by atoms with Crippen LogP contribution in [-0.4, -0.2) is 34.8 Å². The monoisotopic (exact) mass is 346 g/mol. The Morgan fingerprint density at radius 1 is 1.38 bits per heavy atom. The van der Waals surface area contributed by atoms with Crippen LogP contribution in [0.4, 0.5) is 0 Å². The summed E-state index contributed by atoms with van der Waals surface area (Å²) in [5.41, 5.74) is 3.82. The van der Waals surface area contributed by atoms with E-state index >= 15 is 0 Å². The molecule has 24 heavy (non-hydrogen) atoms. The van der Waals surface area contributed by atoms with Crippen molar-refractivity contribution in [1.29, 1.82) is 0 Å². The molecule has 128 valence electrons. The standard InChI is InChI=1S/C18H23ClN4O/c1-12-17(10-18(24)21-15-4-3-9-20-11-15)13(2)23(22-12)16-7-5-14(19)6-8-16/h5-8,15,20H,3-4,9-11H2,1-2H3,(H,21,24). The van der Waals surface area contributed by atoms with Crippen molar-refractivity contribution >= 4 is 17.5 Å². The first-order valence-electron chi connectivity index (χ1n) is 8.35. The molecule has 0 saturated carbocycles. The summed E-state index contributed by atoms with van der Waals surface area (Å²) in [6, 6.07) is 7.78. The van der Waals surface area contributed by atoms with Gasteiger partial charge in [0.25, 0.3) is 0 Å². The maximum atomic E-state index is 12.4. The van der Waals surface area contributed by atoms with E-state index < -0.39 is 0 Å². The van der Waals surface area contributed by atoms with Crippen molar-refractivity contribution in [3.05, 3.63) is 46.2 Å². The summed E-state index contributed by atoms with van der Waals surface area (Å²) in [4.78, 5) is 12.4. The number of carbonyl (C=O) groups excluding carboxylic acids is 1. The van der Waals surface area contributed by atoms with Gasteiger partial charge in [0.05, 0.1) is 17.8 Å². The minimum Gasteiger partial charge on any atom is -0.352 e. The number of nitrogens with zero attached hydrogens (tertiary/aromatic N) is 2. The fraction of sp³-hybridized carbons (Fsp3) is 0.444. The number of piperidine rings is 1. The number of aromatic nitrogens is 2. The normalized spacial score (nSPS) is 17.7. The van der Waals surface area contributed by atoms with Gasteiger partial charge in [0.2, 0.25) is 5.91 Å². The molecule has 2 aromatic rings. The Balaban J connectivity index is 1.74. The lowest BCUT2D eigenvalue weighted by Crippen LogP contribution is -2.46. The maximum Gasteiger partial charge on any atom is 0.224 e. The molecule has 3 rings (SSSR count). The predicted octanol–water partition coefficient (Wildman–Crippen LogP) is 2.55. The highest BCUT2D eigenvalue weighted by Gasteiger charge is 2.19. The van der Waals surface area contributed by atoms with Crippen LogP contribution in [-0.2, 0) is 11.2 Å². The quantitative estimate of drug-likeness (QED) is 0.894. The summed E-state index contributed by atoms with van der Waals surface area (Å²) in [6.45, 7) is 5.84. The third kappa shape index (κ3) is 3.79. The van der Waals surface area contributed by atoms with Crippen molar-refractivity contribution in [3.63, 3.8) is 0 Å². The van der Waals surface area contributed by atoms with E-state index in [1.165, 1.54) is 0 Å². The first-order chi connectivity index (χ1) is 11.5. The largest absolute Gasteiger partial charge is 0.352 e. The SMILES string of the molecule is Cc1nn(-c2ccc(Cl)cc2)c(C)c1CC(=O)NC1CCCNC1. The molecule has 1 aliphatic heterocycles. The smallest absolute Gasteiger partial charge is 0.224 e. The van der Waals surface area contributed by atoms with E-state index in [-0.39, 0.29) is 11.9 Å². The molecule has 1 unspecified atom stereocenters. The Hall–Kier alpha value is -1.85. The Morgan fingerprint density at radius 3 is 2.79 bits per heavy atom. The van der Waals surface area contributed by atoms with Gasteiger partial charge in [0, 0.05) is 28.9 Å². The minimum atomic E-state index is 0.0607. The van der Waals surface area contributed by atoms with Gasteiger partial charge in [0.15, 0.2) is 0 Å². The molecule has 0 spiro atoms. The summed E-state index contributed by atoms with van der Waals surface area (Å²) < 4.78 is 1.87. The van der Waals surface area contributed by atoms with Gasteiger partial charge in [-0.15, -0.1) is 0 Å². The second-order valence-corrected chi connectivity index (χ2v) is 6.76. The van der Waals surface area contributed by atoms with Crippen LogP contribution in [0.25, 0.3) is 5.69 Å². The fourth-order valence-electron chi connectivity index (χ4n) is 3.18. The van der Waals surface area contributed by atoms with E-state index in [9.17, 15) is 4.79 Å². The van der Waals surface area contributed by atoms with E-state index in [4.69, 9.17) is 11.6 Å². The molecule has 2 heterocycles. The highest BCUT2D eigenvalue weighted by atomic mass is 35.5. The number of hydrogen-bond donors (Lipinski definition) is 2. The van der Waals surface area contributed by atoms with Crippen molar-refractivity contribution < 1.29 is 4.79 Å². The van der Waals surface area contributed by atoms with Crippen molar-refractivity contribution in [2.24, 2.45) is 0 Å². The molecule has 1 saturated heterocycles. The summed E-state index contributed by atoms with van der Waals surface area (Å²) in [6.07, 6.45) is 2.51. The van der Waals surface area contributed by atoms with Gasteiger partial charge in [-0.05, 0) is 57.5 Å². The number of carbonyl (C=O) groups is 1. The van der Waals surface area contributed by atoms with Crippen LogP contribution in [0.2, 0.25) is 5.02 Å². The van der Waals surface area contributed by atoms with Crippen molar-refractivity contribution in [3.8, 4) is 5.69 Å². The topological polar surface area (TPSA) is 59.0 Å². The molecular weight excluding hydrogens is 324 g/mol. The van der Waals surface area contributed by atoms with Gasteiger partial charge in [-0.3, -0.25) is 4.79 Å². The van der Waals surface area contributed by atoms with Gasteiger partial charge in [-0.2, -0.15) is 5.10 Å². The Morgan fingerprint density at radius 2 is 2.12 bits per heavy atom. The summed E-state index contributed by atoms with van der Waals surface area (Å²) in [5.74, 6) is 0.0607. The van der Waals surface area contributed by atoms with Crippen molar-refractivity contribution in [2.45, 2.75) is 39.2 Å². The van der Waals surface area contributed by atoms with Crippen molar-refractivity contribution in [1.82, 2.24) is 20.4 Å². The molecule has 0 aliphatic carbocycles. The molecule has 2 N–H and O–H groups in total. The van der Waals surface area contributed by atoms with Gasteiger partial charge >= 0.3 is 0 Å². The number of hydrogen-bond acceptors (Lipinski definition) is 3. The molecule has 1 aromatic heterocycles. The zero-order valence-corrected chi connectivity index (χ0v) is 14.9. The molecule has 1 atom stereocenters. The second kappa shape index (κ2) is 7.36. The van der Waals surface area contributed by atoms with Crippen LogP contribution in [0.1, 0.15) is 29.8 Å². The molecule has 6 heteroatoms. The van der Waals surface area contributed by atoms with E-state index in [1.54, 1.807) is 0 Å². The molecule has 1 amide bonds. The van der Waals surface area contributed by atoms with Gasteiger partial charge in [-0.1, -0.05) is 11.6 Å². The van der Waals surface area contributed by atoms with Gasteiger partial charge < -0.3 is 10.6 Å². The Labute approximate surface area is 147 Å². The fourth-order valence-corrected chi connectivity index (χ4v) is 3.30. The van der Waals surface area contributed by atoms with Crippen molar-refractivity contribution in [2.75, 3.05) is 13.1 Å². The number of benzene rings is 1. The average Bonchev–Trinajstić information content (AvgIpc) is 2.85. The molecule has 1 fully saturated rings. The van der Waals surface area contributed by atoms with Gasteiger partial charge in [0.1, 0.15) is 0 Å². The molecule has 1 aliphatic rings. The highest BCUT2D eigenvalue weighted by molar-refractivity contribution is 6.30. The molecule has 1 aromatic carbocycles. The number of rotatable bonds is 4. The Bertz CT molecular complexity index is 717. The summed E-state index contributed by atoms with van der Waals surface area (Å²) >= 11 is 5.95. The summed E-state index contributed by atoms with van der Waals surface area (Å²) in [7, 11) is 0. The van der Waals surface area contributed by atoms with E-state index in [1.807, 2.05) is 42.8 Å². The first kappa shape index (κ1) is 17.0. The van der Waals surface area contributed by atoms with Crippen LogP contribution >= 0.6 is 11.6 Å². The predicted molar refractivity (Wildman–Crippen MR) is 95.8 cm³/mol. The molecule has 0 radical (unpaired) electrons. The second-order valence-electron chi connectivity index (χ2n) is 6.33. The maximum absolute atomic E-state index is 12.4. The van der Waals surface area contributed by atoms with E-state index in [2.05, 4.69) is 15.7 Å². The van der Waals surface area contributed by atoms with Crippen LogP contribution in [0.3, 0.4) is 0 Å². The molecule has 5 nitrogen and oxygen atoms in total. The summed E-state index contributed by atoms with van der Waals surface area (Å²) in [5, 5.41) is 11.7. The average molecular weight is 347 g/mol. The number of amides is 1. The molecular formula is C18H23ClN4O. The zero-order chi connectivity index (χ0) is 17.1. The minimum absolute atomic E-state index is 0.0607. The number of halogens is 1. The van der Waals surface area contributed by atoms with Gasteiger partial charge in [-0.25, -0.2) is 4.68 Å². The Kier molecular flexibility index (Phi) is 5.21. The highest BCUT2D eigenvalue weighted by Crippen LogP contribution is 2.20. The lowest BCUT2D eigenvalue weighted by molar-refractivity contribution is -0.121. The van der Waals surface area contributed by atoms with Crippen LogP contribution in [0, 0.1) is 13.8 Å². The van der Waals surface area contributed by atoms with Crippen LogP contribution in [0.15, 0.2) is 24.3 Å². The lowest BCUT2D eigenvalue weighted by Gasteiger charge is -2.23. The number of aryl methyl sites for hydroxylation is 1. The first-order valence-corrected chi connectivity index (χ1v) is 8.73.